The highest BCUT2D eigenvalue weighted by Gasteiger charge is 2.25. The van der Waals surface area contributed by atoms with Crippen molar-refractivity contribution in [1.29, 1.82) is 0 Å². The minimum atomic E-state index is -2.97. The molecule has 10 heteroatoms. The molecule has 0 unspecified atom stereocenters. The van der Waals surface area contributed by atoms with Gasteiger partial charge in [-0.1, -0.05) is 5.21 Å². The van der Waals surface area contributed by atoms with Crippen molar-refractivity contribution in [2.45, 2.75) is 25.4 Å². The van der Waals surface area contributed by atoms with Crippen molar-refractivity contribution >= 4 is 21.7 Å². The molecule has 9 nitrogen and oxygen atoms in total. The zero-order valence-electron chi connectivity index (χ0n) is 10.5. The largest absolute Gasteiger partial charge is 0.480 e. The van der Waals surface area contributed by atoms with Crippen LogP contribution in [0.5, 0.6) is 0 Å². The zero-order valence-corrected chi connectivity index (χ0v) is 11.3. The van der Waals surface area contributed by atoms with Crippen LogP contribution in [0.15, 0.2) is 6.20 Å². The molecule has 1 aromatic rings. The molecule has 2 heterocycles. The Morgan fingerprint density at radius 2 is 2.05 bits per heavy atom. The molecule has 0 bridgehead atoms. The van der Waals surface area contributed by atoms with Gasteiger partial charge in [-0.25, -0.2) is 13.1 Å². The van der Waals surface area contributed by atoms with Gasteiger partial charge in [-0.2, -0.15) is 0 Å². The fourth-order valence-electron chi connectivity index (χ4n) is 1.91. The quantitative estimate of drug-likeness (QED) is 0.704. The lowest BCUT2D eigenvalue weighted by atomic mass is 10.1. The van der Waals surface area contributed by atoms with E-state index in [-0.39, 0.29) is 29.8 Å². The molecule has 1 aliphatic heterocycles. The molecule has 1 fully saturated rings. The van der Waals surface area contributed by atoms with Gasteiger partial charge in [-0.3, -0.25) is 9.59 Å². The second kappa shape index (κ2) is 5.57. The van der Waals surface area contributed by atoms with Gasteiger partial charge in [0.25, 0.3) is 5.91 Å². The molecule has 2 N–H and O–H groups in total. The van der Waals surface area contributed by atoms with Crippen LogP contribution in [0.4, 0.5) is 0 Å². The number of nitrogens with zero attached hydrogens (tertiary/aromatic N) is 3. The number of hydrogen-bond donors (Lipinski definition) is 2. The monoisotopic (exact) mass is 302 g/mol. The molecule has 0 spiro atoms. The molecule has 1 saturated heterocycles. The third kappa shape index (κ3) is 3.76. The number of nitrogens with one attached hydrogen (secondary N) is 1. The van der Waals surface area contributed by atoms with Gasteiger partial charge in [0.2, 0.25) is 0 Å². The van der Waals surface area contributed by atoms with Gasteiger partial charge in [-0.05, 0) is 12.8 Å². The van der Waals surface area contributed by atoms with Crippen molar-refractivity contribution in [2.75, 3.05) is 11.5 Å². The van der Waals surface area contributed by atoms with Crippen LogP contribution in [0.2, 0.25) is 0 Å². The van der Waals surface area contributed by atoms with Crippen molar-refractivity contribution in [1.82, 2.24) is 20.3 Å². The Morgan fingerprint density at radius 3 is 2.65 bits per heavy atom. The first-order chi connectivity index (χ1) is 9.35. The summed E-state index contributed by atoms with van der Waals surface area (Å²) in [4.78, 5) is 22.3. The second-order valence-electron chi connectivity index (χ2n) is 4.59. The van der Waals surface area contributed by atoms with E-state index in [1.165, 1.54) is 6.20 Å². The Morgan fingerprint density at radius 1 is 1.40 bits per heavy atom. The summed E-state index contributed by atoms with van der Waals surface area (Å²) >= 11 is 0. The third-order valence-corrected chi connectivity index (χ3v) is 4.67. The van der Waals surface area contributed by atoms with E-state index < -0.39 is 21.7 Å². The summed E-state index contributed by atoms with van der Waals surface area (Å²) in [7, 11) is -2.97. The number of aliphatic carboxylic acids is 1. The molecular weight excluding hydrogens is 288 g/mol. The first kappa shape index (κ1) is 14.4. The summed E-state index contributed by atoms with van der Waals surface area (Å²) < 4.78 is 23.6. The Kier molecular flexibility index (Phi) is 4.02. The molecule has 1 aliphatic rings. The average Bonchev–Trinajstić information content (AvgIpc) is 2.79. The summed E-state index contributed by atoms with van der Waals surface area (Å²) in [6.07, 6.45) is 1.98. The highest BCUT2D eigenvalue weighted by atomic mass is 32.2. The van der Waals surface area contributed by atoms with Crippen LogP contribution >= 0.6 is 0 Å². The Hall–Kier alpha value is -1.97. The van der Waals surface area contributed by atoms with Gasteiger partial charge < -0.3 is 10.4 Å². The number of carbonyl (C=O) groups excluding carboxylic acids is 1. The van der Waals surface area contributed by atoms with E-state index in [4.69, 9.17) is 5.11 Å². The van der Waals surface area contributed by atoms with E-state index in [9.17, 15) is 18.0 Å². The van der Waals surface area contributed by atoms with Crippen molar-refractivity contribution in [2.24, 2.45) is 0 Å². The summed E-state index contributed by atoms with van der Waals surface area (Å²) in [5, 5.41) is 18.4. The lowest BCUT2D eigenvalue weighted by Crippen LogP contribution is -2.41. The molecular formula is C10H14N4O5S. The van der Waals surface area contributed by atoms with Crippen LogP contribution in [0.1, 0.15) is 23.3 Å². The highest BCUT2D eigenvalue weighted by molar-refractivity contribution is 7.91. The number of rotatable bonds is 4. The van der Waals surface area contributed by atoms with E-state index >= 15 is 0 Å². The van der Waals surface area contributed by atoms with E-state index in [0.717, 1.165) is 4.68 Å². The van der Waals surface area contributed by atoms with Crippen molar-refractivity contribution in [3.8, 4) is 0 Å². The number of carbonyl (C=O) groups is 2. The number of aromatic nitrogens is 3. The number of carboxylic acid groups (broad SMARTS) is 1. The average molecular weight is 302 g/mol. The normalized spacial score (nSPS) is 18.6. The SMILES string of the molecule is O=C(O)Cn1cc(C(=O)NC2CCS(=O)(=O)CC2)nn1. The lowest BCUT2D eigenvalue weighted by Gasteiger charge is -2.22. The minimum absolute atomic E-state index is 0.0136. The molecule has 1 aromatic heterocycles. The standard InChI is InChI=1S/C10H14N4O5S/c15-9(16)6-14-5-8(12-13-14)10(17)11-7-1-3-20(18,19)4-2-7/h5,7H,1-4,6H2,(H,11,17)(H,15,16). The molecule has 0 radical (unpaired) electrons. The summed E-state index contributed by atoms with van der Waals surface area (Å²) in [6, 6.07) is -0.212. The molecule has 0 aromatic carbocycles. The van der Waals surface area contributed by atoms with Crippen molar-refractivity contribution < 1.29 is 23.1 Å². The number of carboxylic acids is 1. The summed E-state index contributed by atoms with van der Waals surface area (Å²) in [5.41, 5.74) is 0.0136. The van der Waals surface area contributed by atoms with Gasteiger partial charge in [0.05, 0.1) is 17.7 Å². The number of hydrogen-bond acceptors (Lipinski definition) is 6. The maximum Gasteiger partial charge on any atom is 0.325 e. The van der Waals surface area contributed by atoms with E-state index in [0.29, 0.717) is 12.8 Å². The predicted molar refractivity (Wildman–Crippen MR) is 66.8 cm³/mol. The van der Waals surface area contributed by atoms with Crippen LogP contribution in [-0.4, -0.2) is 57.9 Å². The highest BCUT2D eigenvalue weighted by Crippen LogP contribution is 2.12. The van der Waals surface area contributed by atoms with Gasteiger partial charge in [0.1, 0.15) is 16.4 Å². The van der Waals surface area contributed by atoms with Gasteiger partial charge in [0, 0.05) is 6.04 Å². The summed E-state index contributed by atoms with van der Waals surface area (Å²) in [6.45, 7) is -0.373. The molecule has 110 valence electrons. The van der Waals surface area contributed by atoms with Crippen LogP contribution in [0.25, 0.3) is 0 Å². The first-order valence-corrected chi connectivity index (χ1v) is 7.81. The van der Waals surface area contributed by atoms with Crippen LogP contribution in [0.3, 0.4) is 0 Å². The second-order valence-corrected chi connectivity index (χ2v) is 6.90. The molecule has 0 atom stereocenters. The first-order valence-electron chi connectivity index (χ1n) is 5.99. The maximum atomic E-state index is 11.8. The van der Waals surface area contributed by atoms with E-state index in [1.807, 2.05) is 0 Å². The Balaban J connectivity index is 1.92. The summed E-state index contributed by atoms with van der Waals surface area (Å²) in [5.74, 6) is -1.45. The number of sulfone groups is 1. The molecule has 2 rings (SSSR count). The van der Waals surface area contributed by atoms with Crippen molar-refractivity contribution in [3.05, 3.63) is 11.9 Å². The zero-order chi connectivity index (χ0) is 14.8. The van der Waals surface area contributed by atoms with Crippen LogP contribution in [0, 0.1) is 0 Å². The smallest absolute Gasteiger partial charge is 0.325 e. The van der Waals surface area contributed by atoms with E-state index in [1.54, 1.807) is 0 Å². The van der Waals surface area contributed by atoms with Gasteiger partial charge in [-0.15, -0.1) is 5.10 Å². The predicted octanol–water partition coefficient (Wildman–Crippen LogP) is -1.33. The van der Waals surface area contributed by atoms with Gasteiger partial charge in [0.15, 0.2) is 5.69 Å². The van der Waals surface area contributed by atoms with Crippen LogP contribution < -0.4 is 5.32 Å². The fourth-order valence-corrected chi connectivity index (χ4v) is 3.40. The Labute approximate surface area is 114 Å². The molecule has 20 heavy (non-hydrogen) atoms. The van der Waals surface area contributed by atoms with E-state index in [2.05, 4.69) is 15.6 Å². The third-order valence-electron chi connectivity index (χ3n) is 2.96. The topological polar surface area (TPSA) is 131 Å². The minimum Gasteiger partial charge on any atom is -0.480 e. The van der Waals surface area contributed by atoms with Crippen LogP contribution in [-0.2, 0) is 21.2 Å². The molecule has 1 amide bonds. The van der Waals surface area contributed by atoms with Gasteiger partial charge >= 0.3 is 5.97 Å². The Bertz CT molecular complexity index is 609. The molecule has 0 aliphatic carbocycles. The van der Waals surface area contributed by atoms with Crippen molar-refractivity contribution in [3.63, 3.8) is 0 Å². The molecule has 0 saturated carbocycles. The lowest BCUT2D eigenvalue weighted by molar-refractivity contribution is -0.137. The maximum absolute atomic E-state index is 11.8. The fraction of sp³-hybridized carbons (Fsp3) is 0.600. The number of amides is 1.